The molecule has 0 aliphatic heterocycles. The number of thioether (sulfide) groups is 1. The van der Waals surface area contributed by atoms with Gasteiger partial charge >= 0.3 is 0 Å². The molecular formula is C15H16FNS. The van der Waals surface area contributed by atoms with Gasteiger partial charge in [0.1, 0.15) is 5.82 Å². The van der Waals surface area contributed by atoms with Crippen LogP contribution in [0.2, 0.25) is 0 Å². The van der Waals surface area contributed by atoms with Crippen molar-refractivity contribution in [3.05, 3.63) is 59.4 Å². The zero-order valence-electron chi connectivity index (χ0n) is 10.5. The lowest BCUT2D eigenvalue weighted by atomic mass is 10.2. The lowest BCUT2D eigenvalue weighted by Crippen LogP contribution is -2.00. The van der Waals surface area contributed by atoms with Gasteiger partial charge in [-0.15, -0.1) is 11.8 Å². The van der Waals surface area contributed by atoms with Gasteiger partial charge in [0.2, 0.25) is 0 Å². The molecule has 0 radical (unpaired) electrons. The number of anilines is 1. The molecule has 18 heavy (non-hydrogen) atoms. The predicted molar refractivity (Wildman–Crippen MR) is 76.7 cm³/mol. The molecule has 2 rings (SSSR count). The Bertz CT molecular complexity index is 502. The van der Waals surface area contributed by atoms with Crippen LogP contribution in [-0.4, -0.2) is 6.26 Å². The lowest BCUT2D eigenvalue weighted by molar-refractivity contribution is 0.627. The quantitative estimate of drug-likeness (QED) is 0.815. The van der Waals surface area contributed by atoms with Crippen LogP contribution in [0, 0.1) is 12.7 Å². The number of aryl methyl sites for hydroxylation is 1. The molecule has 0 saturated carbocycles. The monoisotopic (exact) mass is 261 g/mol. The Balaban J connectivity index is 2.01. The lowest BCUT2D eigenvalue weighted by Gasteiger charge is -2.08. The molecule has 2 aromatic rings. The molecule has 2 aromatic carbocycles. The second kappa shape index (κ2) is 5.91. The molecule has 0 aromatic heterocycles. The Morgan fingerprint density at radius 2 is 1.83 bits per heavy atom. The van der Waals surface area contributed by atoms with Crippen LogP contribution in [0.1, 0.15) is 11.1 Å². The van der Waals surface area contributed by atoms with Crippen molar-refractivity contribution in [1.29, 1.82) is 0 Å². The Morgan fingerprint density at radius 1 is 1.11 bits per heavy atom. The predicted octanol–water partition coefficient (Wildman–Crippen LogP) is 4.47. The molecule has 1 nitrogen and oxygen atoms in total. The minimum absolute atomic E-state index is 0.199. The zero-order chi connectivity index (χ0) is 13.0. The molecule has 0 atom stereocenters. The third-order valence-electron chi connectivity index (χ3n) is 2.70. The van der Waals surface area contributed by atoms with E-state index in [-0.39, 0.29) is 5.82 Å². The third-order valence-corrected chi connectivity index (χ3v) is 3.44. The van der Waals surface area contributed by atoms with Gasteiger partial charge in [-0.1, -0.05) is 12.1 Å². The summed E-state index contributed by atoms with van der Waals surface area (Å²) in [5.41, 5.74) is 2.94. The first-order chi connectivity index (χ1) is 8.67. The molecule has 0 bridgehead atoms. The first kappa shape index (κ1) is 13.0. The molecule has 0 spiro atoms. The van der Waals surface area contributed by atoms with Crippen LogP contribution in [0.5, 0.6) is 0 Å². The van der Waals surface area contributed by atoms with E-state index in [1.165, 1.54) is 22.6 Å². The molecule has 0 fully saturated rings. The number of hydrogen-bond acceptors (Lipinski definition) is 2. The van der Waals surface area contributed by atoms with Crippen LogP contribution in [0.15, 0.2) is 47.4 Å². The topological polar surface area (TPSA) is 12.0 Å². The van der Waals surface area contributed by atoms with E-state index in [0.29, 0.717) is 6.54 Å². The highest BCUT2D eigenvalue weighted by atomic mass is 32.2. The van der Waals surface area contributed by atoms with E-state index in [4.69, 9.17) is 0 Å². The average molecular weight is 261 g/mol. The molecule has 94 valence electrons. The van der Waals surface area contributed by atoms with Crippen molar-refractivity contribution in [2.45, 2.75) is 18.4 Å². The molecule has 1 N–H and O–H groups in total. The smallest absolute Gasteiger partial charge is 0.125 e. The van der Waals surface area contributed by atoms with E-state index in [9.17, 15) is 4.39 Å². The van der Waals surface area contributed by atoms with E-state index in [2.05, 4.69) is 35.8 Å². The van der Waals surface area contributed by atoms with Gasteiger partial charge < -0.3 is 5.32 Å². The van der Waals surface area contributed by atoms with E-state index >= 15 is 0 Å². The highest BCUT2D eigenvalue weighted by Crippen LogP contribution is 2.17. The average Bonchev–Trinajstić information content (AvgIpc) is 2.36. The molecule has 0 aliphatic rings. The van der Waals surface area contributed by atoms with E-state index < -0.39 is 0 Å². The minimum Gasteiger partial charge on any atom is -0.381 e. The fourth-order valence-electron chi connectivity index (χ4n) is 1.79. The number of benzene rings is 2. The molecule has 0 amide bonds. The molecule has 0 heterocycles. The fraction of sp³-hybridized carbons (Fsp3) is 0.200. The van der Waals surface area contributed by atoms with E-state index in [1.54, 1.807) is 11.8 Å². The van der Waals surface area contributed by atoms with Crippen molar-refractivity contribution in [1.82, 2.24) is 0 Å². The maximum Gasteiger partial charge on any atom is 0.125 e. The van der Waals surface area contributed by atoms with Crippen LogP contribution < -0.4 is 5.32 Å². The summed E-state index contributed by atoms with van der Waals surface area (Å²) in [4.78, 5) is 1.25. The first-order valence-electron chi connectivity index (χ1n) is 5.81. The van der Waals surface area contributed by atoms with E-state index in [0.717, 1.165) is 11.3 Å². The van der Waals surface area contributed by atoms with Crippen molar-refractivity contribution < 1.29 is 4.39 Å². The Labute approximate surface area is 111 Å². The van der Waals surface area contributed by atoms with Crippen molar-refractivity contribution in [2.75, 3.05) is 11.6 Å². The summed E-state index contributed by atoms with van der Waals surface area (Å²) in [6.45, 7) is 2.60. The minimum atomic E-state index is -0.199. The standard InChI is InChI=1S/C15H16FNS/c1-11-7-13(16)9-14(8-11)17-10-12-3-5-15(18-2)6-4-12/h3-9,17H,10H2,1-2H3. The van der Waals surface area contributed by atoms with Gasteiger partial charge in [-0.3, -0.25) is 0 Å². The van der Waals surface area contributed by atoms with Gasteiger partial charge in [0.05, 0.1) is 0 Å². The van der Waals surface area contributed by atoms with Crippen LogP contribution in [0.3, 0.4) is 0 Å². The second-order valence-electron chi connectivity index (χ2n) is 4.22. The van der Waals surface area contributed by atoms with E-state index in [1.807, 2.05) is 13.0 Å². The fourth-order valence-corrected chi connectivity index (χ4v) is 2.19. The number of halogens is 1. The molecular weight excluding hydrogens is 245 g/mol. The summed E-state index contributed by atoms with van der Waals surface area (Å²) in [6.07, 6.45) is 2.06. The van der Waals surface area contributed by atoms with Gasteiger partial charge in [-0.2, -0.15) is 0 Å². The maximum atomic E-state index is 13.2. The van der Waals surface area contributed by atoms with Crippen LogP contribution in [0.25, 0.3) is 0 Å². The zero-order valence-corrected chi connectivity index (χ0v) is 11.4. The Kier molecular flexibility index (Phi) is 4.26. The van der Waals surface area contributed by atoms with Crippen LogP contribution >= 0.6 is 11.8 Å². The normalized spacial score (nSPS) is 10.4. The Morgan fingerprint density at radius 3 is 2.44 bits per heavy atom. The molecule has 3 heteroatoms. The Hall–Kier alpha value is -1.48. The first-order valence-corrected chi connectivity index (χ1v) is 7.04. The summed E-state index contributed by atoms with van der Waals surface area (Å²) in [7, 11) is 0. The summed E-state index contributed by atoms with van der Waals surface area (Å²) in [6, 6.07) is 13.4. The number of hydrogen-bond donors (Lipinski definition) is 1. The summed E-state index contributed by atoms with van der Waals surface area (Å²) in [5, 5.41) is 3.23. The maximum absolute atomic E-state index is 13.2. The largest absolute Gasteiger partial charge is 0.381 e. The highest BCUT2D eigenvalue weighted by molar-refractivity contribution is 7.98. The molecule has 0 unspecified atom stereocenters. The summed E-state index contributed by atoms with van der Waals surface area (Å²) >= 11 is 1.73. The summed E-state index contributed by atoms with van der Waals surface area (Å²) < 4.78 is 13.2. The number of nitrogens with one attached hydrogen (secondary N) is 1. The van der Waals surface area contributed by atoms with Crippen molar-refractivity contribution in [3.8, 4) is 0 Å². The van der Waals surface area contributed by atoms with Crippen LogP contribution in [-0.2, 0) is 6.54 Å². The van der Waals surface area contributed by atoms with Crippen molar-refractivity contribution in [3.63, 3.8) is 0 Å². The molecule has 0 aliphatic carbocycles. The van der Waals surface area contributed by atoms with Gasteiger partial charge in [-0.05, 0) is 54.6 Å². The van der Waals surface area contributed by atoms with Gasteiger partial charge in [0, 0.05) is 17.1 Å². The second-order valence-corrected chi connectivity index (χ2v) is 5.10. The molecule has 0 saturated heterocycles. The SMILES string of the molecule is CSc1ccc(CNc2cc(C)cc(F)c2)cc1. The van der Waals surface area contributed by atoms with Crippen molar-refractivity contribution >= 4 is 17.4 Å². The van der Waals surface area contributed by atoms with Crippen molar-refractivity contribution in [2.24, 2.45) is 0 Å². The van der Waals surface area contributed by atoms with Crippen LogP contribution in [0.4, 0.5) is 10.1 Å². The number of rotatable bonds is 4. The van der Waals surface area contributed by atoms with Gasteiger partial charge in [0.15, 0.2) is 0 Å². The highest BCUT2D eigenvalue weighted by Gasteiger charge is 1.98. The summed E-state index contributed by atoms with van der Waals surface area (Å²) in [5.74, 6) is -0.199. The van der Waals surface area contributed by atoms with Gasteiger partial charge in [-0.25, -0.2) is 4.39 Å². The van der Waals surface area contributed by atoms with Gasteiger partial charge in [0.25, 0.3) is 0 Å². The third kappa shape index (κ3) is 3.50.